The topological polar surface area (TPSA) is 85.4 Å². The van der Waals surface area contributed by atoms with Gasteiger partial charge in [-0.05, 0) is 30.2 Å². The van der Waals surface area contributed by atoms with E-state index >= 15 is 0 Å². The van der Waals surface area contributed by atoms with E-state index in [0.717, 1.165) is 6.42 Å². The number of carbonyl (C=O) groups excluding carboxylic acids is 1. The molecular formula is C20H18N4O3. The normalized spacial score (nSPS) is 11.9. The van der Waals surface area contributed by atoms with Crippen LogP contribution in [0.2, 0.25) is 0 Å². The van der Waals surface area contributed by atoms with Crippen molar-refractivity contribution in [2.45, 2.75) is 6.42 Å². The zero-order valence-corrected chi connectivity index (χ0v) is 14.5. The van der Waals surface area contributed by atoms with Crippen molar-refractivity contribution in [1.29, 1.82) is 0 Å². The van der Waals surface area contributed by atoms with Crippen molar-refractivity contribution in [3.63, 3.8) is 0 Å². The van der Waals surface area contributed by atoms with Crippen molar-refractivity contribution in [2.24, 2.45) is 0 Å². The number of carbonyl (C=O) groups is 1. The quantitative estimate of drug-likeness (QED) is 0.701. The summed E-state index contributed by atoms with van der Waals surface area (Å²) in [6, 6.07) is 16.9. The summed E-state index contributed by atoms with van der Waals surface area (Å²) in [5, 5.41) is 5.95. The van der Waals surface area contributed by atoms with Gasteiger partial charge in [0.1, 0.15) is 5.69 Å². The lowest BCUT2D eigenvalue weighted by Gasteiger charge is -2.08. The van der Waals surface area contributed by atoms with Crippen LogP contribution < -0.4 is 20.1 Å². The lowest BCUT2D eigenvalue weighted by atomic mass is 10.1. The van der Waals surface area contributed by atoms with Gasteiger partial charge in [0.25, 0.3) is 5.91 Å². The molecule has 1 aromatic heterocycles. The molecular weight excluding hydrogens is 344 g/mol. The fourth-order valence-electron chi connectivity index (χ4n) is 2.70. The van der Waals surface area contributed by atoms with Crippen LogP contribution in [0.3, 0.4) is 0 Å². The van der Waals surface area contributed by atoms with E-state index in [1.165, 1.54) is 5.56 Å². The average Bonchev–Trinajstić information content (AvgIpc) is 3.17. The Balaban J connectivity index is 1.37. The van der Waals surface area contributed by atoms with E-state index < -0.39 is 0 Å². The molecule has 0 saturated carbocycles. The summed E-state index contributed by atoms with van der Waals surface area (Å²) in [5.41, 5.74) is 2.12. The third kappa shape index (κ3) is 4.14. The molecule has 0 aliphatic carbocycles. The molecule has 3 aromatic rings. The summed E-state index contributed by atoms with van der Waals surface area (Å²) in [6.07, 6.45) is 2.41. The second kappa shape index (κ2) is 7.74. The summed E-state index contributed by atoms with van der Waals surface area (Å²) in [6.45, 7) is 0.869. The van der Waals surface area contributed by atoms with Gasteiger partial charge >= 0.3 is 0 Å². The zero-order chi connectivity index (χ0) is 18.5. The Morgan fingerprint density at radius 1 is 1.04 bits per heavy atom. The minimum atomic E-state index is -0.317. The Morgan fingerprint density at radius 3 is 2.78 bits per heavy atom. The van der Waals surface area contributed by atoms with Gasteiger partial charge in [-0.15, -0.1) is 0 Å². The standard InChI is InChI=1S/C20H18N4O3/c25-19(23-15-6-7-17-18(12-15)27-13-26-17)16-9-11-22-20(24-16)21-10-8-14-4-2-1-3-5-14/h1-7,9,11-12H,8,10,13H2,(H,23,25)(H,21,22,24). The van der Waals surface area contributed by atoms with E-state index in [1.807, 2.05) is 18.2 Å². The van der Waals surface area contributed by atoms with Crippen LogP contribution in [0.15, 0.2) is 60.8 Å². The van der Waals surface area contributed by atoms with Gasteiger partial charge in [0.05, 0.1) is 0 Å². The summed E-state index contributed by atoms with van der Waals surface area (Å²) in [5.74, 6) is 1.38. The van der Waals surface area contributed by atoms with E-state index in [-0.39, 0.29) is 18.4 Å². The van der Waals surface area contributed by atoms with Gasteiger partial charge in [-0.3, -0.25) is 4.79 Å². The van der Waals surface area contributed by atoms with Crippen molar-refractivity contribution in [1.82, 2.24) is 9.97 Å². The number of nitrogens with zero attached hydrogens (tertiary/aromatic N) is 2. The minimum absolute atomic E-state index is 0.191. The Morgan fingerprint density at radius 2 is 1.89 bits per heavy atom. The average molecular weight is 362 g/mol. The first-order valence-corrected chi connectivity index (χ1v) is 8.60. The first kappa shape index (κ1) is 16.8. The molecule has 7 heteroatoms. The lowest BCUT2D eigenvalue weighted by molar-refractivity contribution is 0.102. The summed E-state index contributed by atoms with van der Waals surface area (Å²) in [7, 11) is 0. The fraction of sp³-hybridized carbons (Fsp3) is 0.150. The molecule has 0 spiro atoms. The Bertz CT molecular complexity index is 947. The van der Waals surface area contributed by atoms with Crippen LogP contribution in [0.25, 0.3) is 0 Å². The molecule has 2 heterocycles. The summed E-state index contributed by atoms with van der Waals surface area (Å²) in [4.78, 5) is 20.9. The molecule has 1 amide bonds. The minimum Gasteiger partial charge on any atom is -0.454 e. The third-order valence-corrected chi connectivity index (χ3v) is 4.06. The van der Waals surface area contributed by atoms with Gasteiger partial charge in [0.15, 0.2) is 11.5 Å². The highest BCUT2D eigenvalue weighted by Crippen LogP contribution is 2.34. The molecule has 0 saturated heterocycles. The van der Waals surface area contributed by atoms with Gasteiger partial charge in [-0.2, -0.15) is 0 Å². The maximum absolute atomic E-state index is 12.5. The largest absolute Gasteiger partial charge is 0.454 e. The highest BCUT2D eigenvalue weighted by Gasteiger charge is 2.15. The number of hydrogen-bond donors (Lipinski definition) is 2. The molecule has 1 aliphatic heterocycles. The molecule has 1 aliphatic rings. The first-order chi connectivity index (χ1) is 13.3. The van der Waals surface area contributed by atoms with Crippen LogP contribution in [0.5, 0.6) is 11.5 Å². The van der Waals surface area contributed by atoms with Crippen molar-refractivity contribution >= 4 is 17.5 Å². The van der Waals surface area contributed by atoms with Crippen LogP contribution in [0, 0.1) is 0 Å². The van der Waals surface area contributed by atoms with Crippen LogP contribution >= 0.6 is 0 Å². The number of benzene rings is 2. The van der Waals surface area contributed by atoms with Crippen LogP contribution in [-0.2, 0) is 6.42 Å². The monoisotopic (exact) mass is 362 g/mol. The second-order valence-corrected chi connectivity index (χ2v) is 5.95. The van der Waals surface area contributed by atoms with E-state index in [4.69, 9.17) is 9.47 Å². The van der Waals surface area contributed by atoms with Gasteiger partial charge < -0.3 is 20.1 Å². The van der Waals surface area contributed by atoms with Crippen molar-refractivity contribution in [2.75, 3.05) is 24.0 Å². The molecule has 27 heavy (non-hydrogen) atoms. The molecule has 7 nitrogen and oxygen atoms in total. The van der Waals surface area contributed by atoms with Crippen LogP contribution in [0.4, 0.5) is 11.6 Å². The molecule has 2 N–H and O–H groups in total. The van der Waals surface area contributed by atoms with Crippen LogP contribution in [-0.4, -0.2) is 29.2 Å². The number of ether oxygens (including phenoxy) is 2. The van der Waals surface area contributed by atoms with Gasteiger partial charge in [0, 0.05) is 24.5 Å². The lowest BCUT2D eigenvalue weighted by Crippen LogP contribution is -2.16. The predicted molar refractivity (Wildman–Crippen MR) is 101 cm³/mol. The third-order valence-electron chi connectivity index (χ3n) is 4.06. The van der Waals surface area contributed by atoms with E-state index in [2.05, 4.69) is 32.7 Å². The van der Waals surface area contributed by atoms with Crippen LogP contribution in [0.1, 0.15) is 16.1 Å². The van der Waals surface area contributed by atoms with Crippen molar-refractivity contribution in [3.8, 4) is 11.5 Å². The molecule has 0 fully saturated rings. The molecule has 4 rings (SSSR count). The summed E-state index contributed by atoms with van der Waals surface area (Å²) >= 11 is 0. The molecule has 136 valence electrons. The number of fused-ring (bicyclic) bond motifs is 1. The smallest absolute Gasteiger partial charge is 0.274 e. The number of anilines is 2. The number of amides is 1. The molecule has 2 aromatic carbocycles. The predicted octanol–water partition coefficient (Wildman–Crippen LogP) is 3.11. The SMILES string of the molecule is O=C(Nc1ccc2c(c1)OCO2)c1ccnc(NCCc2ccccc2)n1. The molecule has 0 unspecified atom stereocenters. The van der Waals surface area contributed by atoms with Gasteiger partial charge in [-0.25, -0.2) is 9.97 Å². The van der Waals surface area contributed by atoms with Crippen molar-refractivity contribution < 1.29 is 14.3 Å². The first-order valence-electron chi connectivity index (χ1n) is 8.60. The maximum Gasteiger partial charge on any atom is 0.274 e. The highest BCUT2D eigenvalue weighted by molar-refractivity contribution is 6.03. The van der Waals surface area contributed by atoms with Crippen molar-refractivity contribution in [3.05, 3.63) is 72.1 Å². The highest BCUT2D eigenvalue weighted by atomic mass is 16.7. The Kier molecular flexibility index (Phi) is 4.82. The molecule has 0 bridgehead atoms. The van der Waals surface area contributed by atoms with Gasteiger partial charge in [0.2, 0.25) is 12.7 Å². The van der Waals surface area contributed by atoms with E-state index in [1.54, 1.807) is 30.5 Å². The molecule has 0 radical (unpaired) electrons. The Labute approximate surface area is 156 Å². The van der Waals surface area contributed by atoms with Gasteiger partial charge in [-0.1, -0.05) is 30.3 Å². The number of hydrogen-bond acceptors (Lipinski definition) is 6. The second-order valence-electron chi connectivity index (χ2n) is 5.95. The number of rotatable bonds is 6. The molecule has 0 atom stereocenters. The van der Waals surface area contributed by atoms with E-state index in [9.17, 15) is 4.79 Å². The Hall–Kier alpha value is -3.61. The number of nitrogens with one attached hydrogen (secondary N) is 2. The fourth-order valence-corrected chi connectivity index (χ4v) is 2.70. The van der Waals surface area contributed by atoms with E-state index in [0.29, 0.717) is 29.7 Å². The zero-order valence-electron chi connectivity index (χ0n) is 14.5. The number of aromatic nitrogens is 2. The summed E-state index contributed by atoms with van der Waals surface area (Å²) < 4.78 is 10.6. The maximum atomic E-state index is 12.5.